The van der Waals surface area contributed by atoms with E-state index in [1.54, 1.807) is 0 Å². The van der Waals surface area contributed by atoms with Gasteiger partial charge in [-0.1, -0.05) is 0 Å². The number of nitrogens with zero attached hydrogens (tertiary/aromatic N) is 1. The smallest absolute Gasteiger partial charge is 0.335 e. The number of halogens is 1. The minimum atomic E-state index is -3.84. The van der Waals surface area contributed by atoms with Gasteiger partial charge in [0, 0.05) is 17.6 Å². The summed E-state index contributed by atoms with van der Waals surface area (Å²) in [7, 11) is -3.84. The largest absolute Gasteiger partial charge is 0.478 e. The maximum Gasteiger partial charge on any atom is 0.335 e. The molecule has 2 N–H and O–H groups in total. The number of hydrogen-bond donors (Lipinski definition) is 2. The lowest BCUT2D eigenvalue weighted by molar-refractivity contribution is 0.0272. The molecule has 1 saturated heterocycles. The van der Waals surface area contributed by atoms with E-state index >= 15 is 0 Å². The molecule has 0 amide bonds. The number of hydrogen-bond acceptors (Lipinski definition) is 5. The number of sulfonamides is 1. The molecule has 0 spiro atoms. The van der Waals surface area contributed by atoms with Crippen LogP contribution < -0.4 is 4.83 Å². The van der Waals surface area contributed by atoms with Gasteiger partial charge in [-0.05, 0) is 34.1 Å². The predicted molar refractivity (Wildman–Crippen MR) is 73.8 cm³/mol. The SMILES string of the molecule is O=C(O)c1ccc(Br)c(S(=O)(=O)NN2CCOCC2)c1. The van der Waals surface area contributed by atoms with E-state index in [0.29, 0.717) is 30.8 Å². The van der Waals surface area contributed by atoms with Crippen molar-refractivity contribution in [3.8, 4) is 0 Å². The third-order valence-electron chi connectivity index (χ3n) is 2.73. The number of ether oxygens (including phenoxy) is 1. The lowest BCUT2D eigenvalue weighted by Gasteiger charge is -2.26. The zero-order chi connectivity index (χ0) is 14.8. The van der Waals surface area contributed by atoms with Crippen LogP contribution in [0.5, 0.6) is 0 Å². The summed E-state index contributed by atoms with van der Waals surface area (Å²) in [5.74, 6) is -1.18. The summed E-state index contributed by atoms with van der Waals surface area (Å²) in [5, 5.41) is 10.5. The number of hydrazine groups is 1. The molecule has 0 saturated carbocycles. The molecule has 1 heterocycles. The van der Waals surface area contributed by atoms with Gasteiger partial charge in [-0.15, -0.1) is 4.83 Å². The van der Waals surface area contributed by atoms with E-state index in [0.717, 1.165) is 6.07 Å². The van der Waals surface area contributed by atoms with Crippen LogP contribution in [-0.2, 0) is 14.8 Å². The fraction of sp³-hybridized carbons (Fsp3) is 0.364. The highest BCUT2D eigenvalue weighted by Crippen LogP contribution is 2.23. The molecule has 1 aromatic carbocycles. The Bertz CT molecular complexity index is 613. The quantitative estimate of drug-likeness (QED) is 0.815. The van der Waals surface area contributed by atoms with E-state index < -0.39 is 16.0 Å². The summed E-state index contributed by atoms with van der Waals surface area (Å²) in [6.45, 7) is 1.77. The topological polar surface area (TPSA) is 95.9 Å². The number of nitrogens with one attached hydrogen (secondary N) is 1. The highest BCUT2D eigenvalue weighted by atomic mass is 79.9. The van der Waals surface area contributed by atoms with Crippen LogP contribution >= 0.6 is 15.9 Å². The summed E-state index contributed by atoms with van der Waals surface area (Å²) in [5.41, 5.74) is -0.0875. The lowest BCUT2D eigenvalue weighted by Crippen LogP contribution is -2.48. The molecule has 110 valence electrons. The third kappa shape index (κ3) is 3.55. The van der Waals surface area contributed by atoms with E-state index in [1.807, 2.05) is 0 Å². The van der Waals surface area contributed by atoms with Crippen molar-refractivity contribution in [1.82, 2.24) is 9.84 Å². The first kappa shape index (κ1) is 15.4. The molecule has 0 atom stereocenters. The van der Waals surface area contributed by atoms with Crippen molar-refractivity contribution in [2.24, 2.45) is 0 Å². The van der Waals surface area contributed by atoms with Crippen LogP contribution in [0.3, 0.4) is 0 Å². The van der Waals surface area contributed by atoms with E-state index in [1.165, 1.54) is 17.1 Å². The van der Waals surface area contributed by atoms with Crippen LogP contribution in [0.1, 0.15) is 10.4 Å². The molecule has 20 heavy (non-hydrogen) atoms. The van der Waals surface area contributed by atoms with E-state index in [4.69, 9.17) is 9.84 Å². The minimum absolute atomic E-state index is 0.0875. The third-order valence-corrected chi connectivity index (χ3v) is 5.10. The summed E-state index contributed by atoms with van der Waals surface area (Å²) < 4.78 is 30.0. The molecule has 7 nitrogen and oxygen atoms in total. The molecule has 2 rings (SSSR count). The summed E-state index contributed by atoms with van der Waals surface area (Å²) in [6.07, 6.45) is 0. The van der Waals surface area contributed by atoms with Crippen LogP contribution in [0.2, 0.25) is 0 Å². The van der Waals surface area contributed by atoms with Crippen LogP contribution in [0.15, 0.2) is 27.6 Å². The monoisotopic (exact) mass is 364 g/mol. The number of rotatable bonds is 4. The molecule has 1 fully saturated rings. The van der Waals surface area contributed by atoms with Gasteiger partial charge in [-0.2, -0.15) is 0 Å². The standard InChI is InChI=1S/C11H13BrN2O5S/c12-9-2-1-8(11(15)16)7-10(9)20(17,18)13-14-3-5-19-6-4-14/h1-2,7,13H,3-6H2,(H,15,16). The number of carboxylic acids is 1. The number of benzene rings is 1. The minimum Gasteiger partial charge on any atom is -0.478 e. The van der Waals surface area contributed by atoms with Gasteiger partial charge in [-0.25, -0.2) is 18.2 Å². The van der Waals surface area contributed by atoms with E-state index in [9.17, 15) is 13.2 Å². The summed E-state index contributed by atoms with van der Waals surface area (Å²) in [6, 6.07) is 3.85. The molecule has 0 aromatic heterocycles. The Hall–Kier alpha value is -1.00. The van der Waals surface area contributed by atoms with Gasteiger partial charge in [0.05, 0.1) is 23.7 Å². The van der Waals surface area contributed by atoms with Crippen molar-refractivity contribution < 1.29 is 23.1 Å². The molecule has 0 radical (unpaired) electrons. The number of aromatic carboxylic acids is 1. The van der Waals surface area contributed by atoms with Gasteiger partial charge < -0.3 is 9.84 Å². The fourth-order valence-corrected chi connectivity index (χ4v) is 3.83. The van der Waals surface area contributed by atoms with E-state index in [-0.39, 0.29) is 10.5 Å². The molecule has 1 aliphatic heterocycles. The Morgan fingerprint density at radius 1 is 1.35 bits per heavy atom. The van der Waals surface area contributed by atoms with Crippen LogP contribution in [0.4, 0.5) is 0 Å². The number of carbonyl (C=O) groups is 1. The number of morpholine rings is 1. The second-order valence-corrected chi connectivity index (χ2v) is 6.63. The molecular formula is C11H13BrN2O5S. The Balaban J connectivity index is 2.28. The van der Waals surface area contributed by atoms with Crippen LogP contribution in [0, 0.1) is 0 Å². The summed E-state index contributed by atoms with van der Waals surface area (Å²) >= 11 is 3.12. The first-order valence-corrected chi connectivity index (χ1v) is 8.06. The Kier molecular flexibility index (Phi) is 4.76. The zero-order valence-electron chi connectivity index (χ0n) is 10.4. The van der Waals surface area contributed by atoms with Crippen molar-refractivity contribution in [3.63, 3.8) is 0 Å². The van der Waals surface area contributed by atoms with Gasteiger partial charge >= 0.3 is 5.97 Å². The maximum atomic E-state index is 12.3. The maximum absolute atomic E-state index is 12.3. The number of carboxylic acid groups (broad SMARTS) is 1. The average Bonchev–Trinajstić information content (AvgIpc) is 2.39. The van der Waals surface area contributed by atoms with Crippen molar-refractivity contribution in [3.05, 3.63) is 28.2 Å². The van der Waals surface area contributed by atoms with Crippen molar-refractivity contribution in [2.45, 2.75) is 4.90 Å². The molecule has 0 unspecified atom stereocenters. The van der Waals surface area contributed by atoms with E-state index in [2.05, 4.69) is 20.8 Å². The second-order valence-electron chi connectivity index (χ2n) is 4.14. The van der Waals surface area contributed by atoms with Gasteiger partial charge in [0.25, 0.3) is 10.0 Å². The van der Waals surface area contributed by atoms with Gasteiger partial charge in [0.1, 0.15) is 0 Å². The van der Waals surface area contributed by atoms with Crippen molar-refractivity contribution in [2.75, 3.05) is 26.3 Å². The second kappa shape index (κ2) is 6.19. The normalized spacial score (nSPS) is 17.1. The van der Waals surface area contributed by atoms with Crippen LogP contribution in [0.25, 0.3) is 0 Å². The average molecular weight is 365 g/mol. The Morgan fingerprint density at radius 3 is 2.60 bits per heavy atom. The van der Waals surface area contributed by atoms with Crippen molar-refractivity contribution >= 4 is 31.9 Å². The summed E-state index contributed by atoms with van der Waals surface area (Å²) in [4.78, 5) is 13.2. The highest BCUT2D eigenvalue weighted by molar-refractivity contribution is 9.10. The molecule has 0 bridgehead atoms. The highest BCUT2D eigenvalue weighted by Gasteiger charge is 2.23. The first-order chi connectivity index (χ1) is 9.40. The molecule has 0 aliphatic carbocycles. The fourth-order valence-electron chi connectivity index (χ4n) is 1.72. The predicted octanol–water partition coefficient (Wildman–Crippen LogP) is 0.673. The lowest BCUT2D eigenvalue weighted by atomic mass is 10.2. The molecule has 9 heteroatoms. The molecular weight excluding hydrogens is 352 g/mol. The molecule has 1 aliphatic rings. The van der Waals surface area contributed by atoms with Crippen LogP contribution in [-0.4, -0.2) is 50.8 Å². The van der Waals surface area contributed by atoms with Gasteiger partial charge in [-0.3, -0.25) is 0 Å². The van der Waals surface area contributed by atoms with Gasteiger partial charge in [0.2, 0.25) is 0 Å². The van der Waals surface area contributed by atoms with Crippen molar-refractivity contribution in [1.29, 1.82) is 0 Å². The Morgan fingerprint density at radius 2 is 2.00 bits per heavy atom. The zero-order valence-corrected chi connectivity index (χ0v) is 12.8. The Labute approximate surface area is 124 Å². The first-order valence-electron chi connectivity index (χ1n) is 5.78. The molecule has 1 aromatic rings. The van der Waals surface area contributed by atoms with Gasteiger partial charge in [0.15, 0.2) is 0 Å².